The fraction of sp³-hybridized carbons (Fsp3) is 0.111. The zero-order valence-electron chi connectivity index (χ0n) is 14.4. The van der Waals surface area contributed by atoms with E-state index in [1.54, 1.807) is 29.1 Å². The number of amides is 1. The third-order valence-corrected chi connectivity index (χ3v) is 4.56. The molecule has 0 spiro atoms. The van der Waals surface area contributed by atoms with E-state index in [0.717, 1.165) is 29.5 Å². The van der Waals surface area contributed by atoms with Crippen LogP contribution in [0.4, 0.5) is 18.9 Å². The number of halogens is 3. The molecule has 0 aliphatic heterocycles. The lowest BCUT2D eigenvalue weighted by molar-refractivity contribution is -0.113. The lowest BCUT2D eigenvalue weighted by Crippen LogP contribution is -2.16. The largest absolute Gasteiger partial charge is 0.323 e. The lowest BCUT2D eigenvalue weighted by atomic mass is 10.3. The highest BCUT2D eigenvalue weighted by Crippen LogP contribution is 2.24. The molecule has 28 heavy (non-hydrogen) atoms. The number of carbonyl (C=O) groups is 1. The van der Waals surface area contributed by atoms with E-state index in [0.29, 0.717) is 17.5 Å². The van der Waals surface area contributed by atoms with Gasteiger partial charge in [-0.1, -0.05) is 17.8 Å². The first kappa shape index (κ1) is 19.6. The minimum Gasteiger partial charge on any atom is -0.323 e. The number of nitrogens with zero attached hydrogens (tertiary/aromatic N) is 4. The molecule has 3 aromatic rings. The van der Waals surface area contributed by atoms with Crippen LogP contribution in [0.15, 0.2) is 54.5 Å². The maximum absolute atomic E-state index is 13.7. The number of hydrogen-bond donors (Lipinski definition) is 1. The number of pyridine rings is 1. The van der Waals surface area contributed by atoms with Crippen LogP contribution in [0.2, 0.25) is 0 Å². The second-order valence-corrected chi connectivity index (χ2v) is 6.45. The molecule has 0 saturated heterocycles. The van der Waals surface area contributed by atoms with Crippen LogP contribution in [0.25, 0.3) is 11.4 Å². The van der Waals surface area contributed by atoms with Crippen LogP contribution in [-0.4, -0.2) is 31.4 Å². The minimum atomic E-state index is -1.64. The van der Waals surface area contributed by atoms with Gasteiger partial charge in [-0.3, -0.25) is 14.3 Å². The number of nitrogens with one attached hydrogen (secondary N) is 1. The van der Waals surface area contributed by atoms with Crippen molar-refractivity contribution in [3.8, 4) is 11.4 Å². The Morgan fingerprint density at radius 3 is 2.75 bits per heavy atom. The molecule has 3 rings (SSSR count). The fourth-order valence-electron chi connectivity index (χ4n) is 2.34. The van der Waals surface area contributed by atoms with Gasteiger partial charge in [-0.25, -0.2) is 13.2 Å². The predicted octanol–water partition coefficient (Wildman–Crippen LogP) is 3.67. The van der Waals surface area contributed by atoms with Gasteiger partial charge in [0.15, 0.2) is 28.4 Å². The summed E-state index contributed by atoms with van der Waals surface area (Å²) in [5, 5.41) is 10.8. The van der Waals surface area contributed by atoms with E-state index in [4.69, 9.17) is 0 Å². The SMILES string of the molecule is C=CCn1c(SCC(=O)Nc2ccc(F)c(F)c2F)nnc1-c1cccnc1. The molecule has 1 N–H and O–H groups in total. The molecule has 0 saturated carbocycles. The van der Waals surface area contributed by atoms with Crippen LogP contribution in [0.5, 0.6) is 0 Å². The lowest BCUT2D eigenvalue weighted by Gasteiger charge is -2.09. The maximum atomic E-state index is 13.7. The average molecular weight is 405 g/mol. The molecule has 1 amide bonds. The number of carbonyl (C=O) groups excluding carboxylic acids is 1. The quantitative estimate of drug-likeness (QED) is 0.369. The highest BCUT2D eigenvalue weighted by Gasteiger charge is 2.17. The van der Waals surface area contributed by atoms with Crippen LogP contribution in [0.3, 0.4) is 0 Å². The summed E-state index contributed by atoms with van der Waals surface area (Å²) in [6, 6.07) is 5.28. The van der Waals surface area contributed by atoms with E-state index in [1.165, 1.54) is 0 Å². The van der Waals surface area contributed by atoms with Gasteiger partial charge in [-0.05, 0) is 24.3 Å². The smallest absolute Gasteiger partial charge is 0.234 e. The third kappa shape index (κ3) is 4.22. The van der Waals surface area contributed by atoms with E-state index in [1.807, 2.05) is 6.07 Å². The Bertz CT molecular complexity index is 1010. The molecule has 0 aliphatic carbocycles. The van der Waals surface area contributed by atoms with Crippen molar-refractivity contribution in [3.05, 3.63) is 66.8 Å². The molecule has 6 nitrogen and oxygen atoms in total. The van der Waals surface area contributed by atoms with Gasteiger partial charge in [-0.15, -0.1) is 16.8 Å². The van der Waals surface area contributed by atoms with Crippen molar-refractivity contribution >= 4 is 23.4 Å². The highest BCUT2D eigenvalue weighted by atomic mass is 32.2. The molecule has 1 aromatic carbocycles. The number of benzene rings is 1. The summed E-state index contributed by atoms with van der Waals surface area (Å²) >= 11 is 1.06. The number of anilines is 1. The van der Waals surface area contributed by atoms with Crippen LogP contribution >= 0.6 is 11.8 Å². The molecule has 0 bridgehead atoms. The van der Waals surface area contributed by atoms with Gasteiger partial charge in [0.25, 0.3) is 0 Å². The molecule has 2 aromatic heterocycles. The first-order chi connectivity index (χ1) is 13.5. The normalized spacial score (nSPS) is 10.7. The first-order valence-corrected chi connectivity index (χ1v) is 9.00. The Kier molecular flexibility index (Phi) is 6.09. The molecule has 0 fully saturated rings. The fourth-order valence-corrected chi connectivity index (χ4v) is 3.08. The zero-order chi connectivity index (χ0) is 20.1. The van der Waals surface area contributed by atoms with E-state index in [2.05, 4.69) is 27.1 Å². The second kappa shape index (κ2) is 8.70. The highest BCUT2D eigenvalue weighted by molar-refractivity contribution is 7.99. The second-order valence-electron chi connectivity index (χ2n) is 5.51. The maximum Gasteiger partial charge on any atom is 0.234 e. The van der Waals surface area contributed by atoms with Crippen LogP contribution in [0.1, 0.15) is 0 Å². The molecule has 2 heterocycles. The Labute approximate surface area is 162 Å². The van der Waals surface area contributed by atoms with Crippen LogP contribution in [0, 0.1) is 17.5 Å². The summed E-state index contributed by atoms with van der Waals surface area (Å²) in [6.45, 7) is 4.10. The summed E-state index contributed by atoms with van der Waals surface area (Å²) in [7, 11) is 0. The number of thioether (sulfide) groups is 1. The van der Waals surface area contributed by atoms with Crippen molar-refractivity contribution in [2.75, 3.05) is 11.1 Å². The van der Waals surface area contributed by atoms with E-state index in [9.17, 15) is 18.0 Å². The van der Waals surface area contributed by atoms with Crippen LogP contribution < -0.4 is 5.32 Å². The number of rotatable bonds is 7. The number of hydrogen-bond acceptors (Lipinski definition) is 5. The topological polar surface area (TPSA) is 72.7 Å². The summed E-state index contributed by atoms with van der Waals surface area (Å²) in [5.41, 5.74) is 0.310. The van der Waals surface area contributed by atoms with E-state index in [-0.39, 0.29) is 5.75 Å². The average Bonchev–Trinajstić information content (AvgIpc) is 3.10. The zero-order valence-corrected chi connectivity index (χ0v) is 15.2. The third-order valence-electron chi connectivity index (χ3n) is 3.59. The Hall–Kier alpha value is -3.14. The van der Waals surface area contributed by atoms with Crippen LogP contribution in [-0.2, 0) is 11.3 Å². The van der Waals surface area contributed by atoms with Gasteiger partial charge < -0.3 is 5.32 Å². The minimum absolute atomic E-state index is 0.138. The van der Waals surface area contributed by atoms with Gasteiger partial charge in [0, 0.05) is 24.5 Å². The monoisotopic (exact) mass is 405 g/mol. The van der Waals surface area contributed by atoms with Gasteiger partial charge >= 0.3 is 0 Å². The summed E-state index contributed by atoms with van der Waals surface area (Å²) in [4.78, 5) is 16.1. The molecular formula is C18H14F3N5OS. The molecule has 144 valence electrons. The summed E-state index contributed by atoms with van der Waals surface area (Å²) < 4.78 is 41.6. The van der Waals surface area contributed by atoms with Gasteiger partial charge in [0.1, 0.15) is 0 Å². The van der Waals surface area contributed by atoms with Gasteiger partial charge in [-0.2, -0.15) is 0 Å². The molecular weight excluding hydrogens is 391 g/mol. The van der Waals surface area contributed by atoms with E-state index >= 15 is 0 Å². The summed E-state index contributed by atoms with van der Waals surface area (Å²) in [5.74, 6) is -4.61. The number of allylic oxidation sites excluding steroid dienone is 1. The van der Waals surface area contributed by atoms with Crippen molar-refractivity contribution in [1.29, 1.82) is 0 Å². The molecule has 0 unspecified atom stereocenters. The Morgan fingerprint density at radius 1 is 1.21 bits per heavy atom. The van der Waals surface area contributed by atoms with Crippen molar-refractivity contribution in [3.63, 3.8) is 0 Å². The van der Waals surface area contributed by atoms with Crippen molar-refractivity contribution in [1.82, 2.24) is 19.7 Å². The standard InChI is InChI=1S/C18H14F3N5OS/c1-2-8-26-17(11-4-3-7-22-9-11)24-25-18(26)28-10-14(27)23-13-6-5-12(19)15(20)16(13)21/h2-7,9H,1,8,10H2,(H,23,27). The number of aromatic nitrogens is 4. The Balaban J connectivity index is 1.72. The van der Waals surface area contributed by atoms with Crippen molar-refractivity contribution in [2.24, 2.45) is 0 Å². The molecule has 0 radical (unpaired) electrons. The summed E-state index contributed by atoms with van der Waals surface area (Å²) in [6.07, 6.45) is 4.93. The first-order valence-electron chi connectivity index (χ1n) is 8.02. The van der Waals surface area contributed by atoms with E-state index < -0.39 is 29.0 Å². The molecule has 0 aliphatic rings. The van der Waals surface area contributed by atoms with Crippen molar-refractivity contribution in [2.45, 2.75) is 11.7 Å². The molecule has 0 atom stereocenters. The van der Waals surface area contributed by atoms with Gasteiger partial charge in [0.05, 0.1) is 11.4 Å². The Morgan fingerprint density at radius 2 is 2.04 bits per heavy atom. The molecule has 10 heteroatoms. The van der Waals surface area contributed by atoms with Gasteiger partial charge in [0.2, 0.25) is 5.91 Å². The van der Waals surface area contributed by atoms with Crippen molar-refractivity contribution < 1.29 is 18.0 Å². The predicted molar refractivity (Wildman–Crippen MR) is 99.1 cm³/mol.